The SMILES string of the molecule is Cc1nc2cc(C3CC(=O)C[C@H](O)C(C)(C)C(=O)C[C@@H](O)[C@@H](C)CCC[C@@]4(C)O[C@H]4C3)ccc2s1. The van der Waals surface area contributed by atoms with Crippen LogP contribution in [0.25, 0.3) is 10.2 Å². The molecule has 0 bridgehead atoms. The van der Waals surface area contributed by atoms with Gasteiger partial charge in [0.25, 0.3) is 0 Å². The minimum absolute atomic E-state index is 0.00843. The highest BCUT2D eigenvalue weighted by atomic mass is 32.1. The van der Waals surface area contributed by atoms with Crippen molar-refractivity contribution in [3.63, 3.8) is 0 Å². The van der Waals surface area contributed by atoms with Gasteiger partial charge in [-0.2, -0.15) is 0 Å². The molecular formula is C28H39NO5S. The number of ketones is 2. The lowest BCUT2D eigenvalue weighted by atomic mass is 9.75. The highest BCUT2D eigenvalue weighted by Gasteiger charge is 2.52. The fourth-order valence-corrected chi connectivity index (χ4v) is 6.16. The number of nitrogens with zero attached hydrogens (tertiary/aromatic N) is 1. The molecule has 1 saturated heterocycles. The molecule has 6 nitrogen and oxygen atoms in total. The maximum atomic E-state index is 13.2. The van der Waals surface area contributed by atoms with Gasteiger partial charge in [-0.25, -0.2) is 4.98 Å². The largest absolute Gasteiger partial charge is 0.392 e. The summed E-state index contributed by atoms with van der Waals surface area (Å²) in [6.45, 7) is 9.44. The molecule has 35 heavy (non-hydrogen) atoms. The second-order valence-corrected chi connectivity index (χ2v) is 12.8. The van der Waals surface area contributed by atoms with Gasteiger partial charge in [0.1, 0.15) is 11.6 Å². The summed E-state index contributed by atoms with van der Waals surface area (Å²) >= 11 is 1.66. The van der Waals surface area contributed by atoms with Gasteiger partial charge in [-0.3, -0.25) is 9.59 Å². The lowest BCUT2D eigenvalue weighted by molar-refractivity contribution is -0.137. The van der Waals surface area contributed by atoms with E-state index in [1.807, 2.05) is 13.8 Å². The lowest BCUT2D eigenvalue weighted by Crippen LogP contribution is -2.41. The zero-order valence-corrected chi connectivity index (χ0v) is 22.4. The molecule has 0 radical (unpaired) electrons. The average molecular weight is 502 g/mol. The molecule has 2 aromatic rings. The van der Waals surface area contributed by atoms with E-state index in [2.05, 4.69) is 30.1 Å². The van der Waals surface area contributed by atoms with Crippen molar-refractivity contribution in [2.75, 3.05) is 0 Å². The Hall–Kier alpha value is -1.67. The van der Waals surface area contributed by atoms with Crippen molar-refractivity contribution in [2.24, 2.45) is 11.3 Å². The molecule has 0 amide bonds. The highest BCUT2D eigenvalue weighted by Crippen LogP contribution is 2.47. The Morgan fingerprint density at radius 2 is 1.86 bits per heavy atom. The highest BCUT2D eigenvalue weighted by molar-refractivity contribution is 7.18. The average Bonchev–Trinajstić information content (AvgIpc) is 3.24. The number of ether oxygens (including phenoxy) is 1. The Bertz CT molecular complexity index is 1090. The molecule has 7 heteroatoms. The standard InChI is InChI=1S/C28H39NO5S/c1-16-7-6-10-28(5)26(34-28)13-19(18-8-9-23-21(12-18)29-17(2)35-23)11-20(30)14-24(32)27(3,4)25(33)15-22(16)31/h8-9,12,16,19,22,24,26,31-32H,6-7,10-11,13-15H2,1-5H3/t16-,19?,22+,24-,26-,28+/m0/s1. The zero-order chi connectivity index (χ0) is 25.5. The summed E-state index contributed by atoms with van der Waals surface area (Å²) < 4.78 is 7.28. The molecule has 2 heterocycles. The second kappa shape index (κ2) is 10.0. The Balaban J connectivity index is 1.60. The molecule has 4 rings (SSSR count). The van der Waals surface area contributed by atoms with Crippen LogP contribution in [0, 0.1) is 18.3 Å². The molecule has 1 aliphatic carbocycles. The molecule has 2 N–H and O–H groups in total. The smallest absolute Gasteiger partial charge is 0.143 e. The van der Waals surface area contributed by atoms with Crippen LogP contribution < -0.4 is 0 Å². The topological polar surface area (TPSA) is 100 Å². The van der Waals surface area contributed by atoms with Crippen molar-refractivity contribution >= 4 is 33.1 Å². The summed E-state index contributed by atoms with van der Waals surface area (Å²) in [5.41, 5.74) is 0.694. The van der Waals surface area contributed by atoms with Gasteiger partial charge < -0.3 is 14.9 Å². The molecule has 0 spiro atoms. The summed E-state index contributed by atoms with van der Waals surface area (Å²) in [5.74, 6) is -0.340. The molecule has 1 aromatic carbocycles. The van der Waals surface area contributed by atoms with Crippen LogP contribution in [-0.4, -0.2) is 50.7 Å². The number of carbonyl (C=O) groups is 2. The van der Waals surface area contributed by atoms with Crippen LogP contribution in [0.2, 0.25) is 0 Å². The van der Waals surface area contributed by atoms with Gasteiger partial charge in [0.05, 0.1) is 39.1 Å². The number of hydrogen-bond acceptors (Lipinski definition) is 7. The number of hydrogen-bond donors (Lipinski definition) is 2. The number of aliphatic hydroxyl groups excluding tert-OH is 2. The van der Waals surface area contributed by atoms with Crippen LogP contribution in [0.15, 0.2) is 18.2 Å². The van der Waals surface area contributed by atoms with Crippen molar-refractivity contribution in [1.29, 1.82) is 0 Å². The Morgan fingerprint density at radius 1 is 1.11 bits per heavy atom. The Kier molecular flexibility index (Phi) is 7.54. The molecule has 1 unspecified atom stereocenters. The van der Waals surface area contributed by atoms with E-state index < -0.39 is 17.6 Å². The number of benzene rings is 1. The van der Waals surface area contributed by atoms with Crippen LogP contribution in [0.3, 0.4) is 0 Å². The molecule has 1 saturated carbocycles. The van der Waals surface area contributed by atoms with Crippen LogP contribution in [0.4, 0.5) is 0 Å². The number of aryl methyl sites for hydroxylation is 1. The predicted molar refractivity (Wildman–Crippen MR) is 138 cm³/mol. The van der Waals surface area contributed by atoms with Crippen LogP contribution in [0.1, 0.15) is 89.1 Å². The fourth-order valence-electron chi connectivity index (χ4n) is 5.35. The summed E-state index contributed by atoms with van der Waals surface area (Å²) in [4.78, 5) is 30.8. The maximum absolute atomic E-state index is 13.2. The van der Waals surface area contributed by atoms with Gasteiger partial charge in [0, 0.05) is 24.7 Å². The number of aromatic nitrogens is 1. The maximum Gasteiger partial charge on any atom is 0.143 e. The summed E-state index contributed by atoms with van der Waals surface area (Å²) in [5, 5.41) is 22.5. The normalized spacial score (nSPS) is 35.1. The Morgan fingerprint density at radius 3 is 2.60 bits per heavy atom. The quantitative estimate of drug-likeness (QED) is 0.527. The number of aliphatic hydroxyl groups is 2. The fraction of sp³-hybridized carbons (Fsp3) is 0.679. The Labute approximate surface area is 212 Å². The van der Waals surface area contributed by atoms with Crippen molar-refractivity contribution < 1.29 is 24.5 Å². The van der Waals surface area contributed by atoms with Crippen molar-refractivity contribution in [2.45, 2.75) is 109 Å². The van der Waals surface area contributed by atoms with E-state index >= 15 is 0 Å². The number of Topliss-reactive ketones (excluding diaryl/α,β-unsaturated/α-hetero) is 2. The van der Waals surface area contributed by atoms with E-state index in [4.69, 9.17) is 4.74 Å². The van der Waals surface area contributed by atoms with E-state index in [-0.39, 0.29) is 54.4 Å². The molecule has 192 valence electrons. The third-order valence-electron chi connectivity index (χ3n) is 8.35. The first-order valence-electron chi connectivity index (χ1n) is 12.8. The summed E-state index contributed by atoms with van der Waals surface area (Å²) in [6, 6.07) is 6.25. The predicted octanol–water partition coefficient (Wildman–Crippen LogP) is 5.11. The van der Waals surface area contributed by atoms with Crippen LogP contribution in [-0.2, 0) is 14.3 Å². The van der Waals surface area contributed by atoms with E-state index in [0.717, 1.165) is 46.5 Å². The zero-order valence-electron chi connectivity index (χ0n) is 21.5. The number of epoxide rings is 1. The van der Waals surface area contributed by atoms with Crippen LogP contribution in [0.5, 0.6) is 0 Å². The molecule has 6 atom stereocenters. The van der Waals surface area contributed by atoms with Gasteiger partial charge >= 0.3 is 0 Å². The monoisotopic (exact) mass is 501 g/mol. The van der Waals surface area contributed by atoms with Gasteiger partial charge in [-0.1, -0.05) is 33.3 Å². The number of thiazole rings is 1. The molecule has 2 aliphatic rings. The number of fused-ring (bicyclic) bond motifs is 2. The van der Waals surface area contributed by atoms with Crippen molar-refractivity contribution in [1.82, 2.24) is 4.98 Å². The summed E-state index contributed by atoms with van der Waals surface area (Å²) in [7, 11) is 0. The van der Waals surface area contributed by atoms with Crippen molar-refractivity contribution in [3.05, 3.63) is 28.8 Å². The lowest BCUT2D eigenvalue weighted by Gasteiger charge is -2.31. The van der Waals surface area contributed by atoms with Crippen LogP contribution >= 0.6 is 11.3 Å². The molecular weight excluding hydrogens is 462 g/mol. The molecule has 2 fully saturated rings. The van der Waals surface area contributed by atoms with Gasteiger partial charge in [0.15, 0.2) is 0 Å². The number of rotatable bonds is 1. The van der Waals surface area contributed by atoms with E-state index in [0.29, 0.717) is 0 Å². The van der Waals surface area contributed by atoms with E-state index in [9.17, 15) is 19.8 Å². The molecule has 1 aromatic heterocycles. The second-order valence-electron chi connectivity index (χ2n) is 11.6. The third kappa shape index (κ3) is 5.85. The first-order valence-corrected chi connectivity index (χ1v) is 13.7. The van der Waals surface area contributed by atoms with E-state index in [1.165, 1.54) is 0 Å². The van der Waals surface area contributed by atoms with Gasteiger partial charge in [0.2, 0.25) is 0 Å². The van der Waals surface area contributed by atoms with E-state index in [1.54, 1.807) is 25.2 Å². The minimum atomic E-state index is -1.10. The first kappa shape index (κ1) is 26.4. The number of carbonyl (C=O) groups excluding carboxylic acids is 2. The summed E-state index contributed by atoms with van der Waals surface area (Å²) in [6.07, 6.45) is 1.75. The first-order chi connectivity index (χ1) is 16.4. The minimum Gasteiger partial charge on any atom is -0.392 e. The third-order valence-corrected chi connectivity index (χ3v) is 9.31. The van der Waals surface area contributed by atoms with Gasteiger partial charge in [-0.15, -0.1) is 11.3 Å². The molecule has 1 aliphatic heterocycles. The van der Waals surface area contributed by atoms with Gasteiger partial charge in [-0.05, 0) is 62.6 Å². The van der Waals surface area contributed by atoms with Crippen molar-refractivity contribution in [3.8, 4) is 0 Å².